The standard InChI is InChI=1S/C30H37NO4/c1-17(2)20-16-30-14-11-21-28(3,12-8-13-29(21,4)27(34)35)22(30)15-19(20)23-24(30)26(33)31(25(23)32)18-9-6-5-7-10-18/h5-7,9-10,16-17,19,21-24H,8,11-15H2,1-4H3,(H,34,35)/t19-,21-,22-,23+,24-,28-,29+,30+/m0/s1. The minimum atomic E-state index is -0.721. The van der Waals surface area contributed by atoms with Crippen LogP contribution in [0.1, 0.15) is 66.2 Å². The lowest BCUT2D eigenvalue weighted by molar-refractivity contribution is -0.194. The number of fused-ring (bicyclic) bond motifs is 1. The molecule has 1 aromatic carbocycles. The van der Waals surface area contributed by atoms with Crippen LogP contribution < -0.4 is 4.90 Å². The van der Waals surface area contributed by atoms with Crippen molar-refractivity contribution in [3.05, 3.63) is 42.0 Å². The van der Waals surface area contributed by atoms with Gasteiger partial charge in [-0.15, -0.1) is 0 Å². The van der Waals surface area contributed by atoms with E-state index in [1.54, 1.807) is 0 Å². The topological polar surface area (TPSA) is 74.7 Å². The fourth-order valence-corrected chi connectivity index (χ4v) is 9.79. The van der Waals surface area contributed by atoms with E-state index in [0.29, 0.717) is 11.6 Å². The second-order valence-corrected chi connectivity index (χ2v) is 12.8. The maximum atomic E-state index is 14.1. The van der Waals surface area contributed by atoms with E-state index in [-0.39, 0.29) is 52.2 Å². The predicted molar refractivity (Wildman–Crippen MR) is 133 cm³/mol. The molecule has 1 saturated heterocycles. The minimum absolute atomic E-state index is 0.0356. The van der Waals surface area contributed by atoms with Crippen molar-refractivity contribution < 1.29 is 19.5 Å². The molecule has 1 aromatic rings. The number of allylic oxidation sites excluding steroid dienone is 2. The van der Waals surface area contributed by atoms with Crippen LogP contribution in [0, 0.1) is 51.8 Å². The molecule has 5 heteroatoms. The van der Waals surface area contributed by atoms with E-state index in [2.05, 4.69) is 26.8 Å². The van der Waals surface area contributed by atoms with Gasteiger partial charge in [0.2, 0.25) is 11.8 Å². The third-order valence-corrected chi connectivity index (χ3v) is 11.2. The summed E-state index contributed by atoms with van der Waals surface area (Å²) in [6.07, 6.45) is 7.58. The summed E-state index contributed by atoms with van der Waals surface area (Å²) >= 11 is 0. The highest BCUT2D eigenvalue weighted by Crippen LogP contribution is 2.74. The fourth-order valence-electron chi connectivity index (χ4n) is 9.79. The second-order valence-electron chi connectivity index (χ2n) is 12.8. The van der Waals surface area contributed by atoms with Crippen molar-refractivity contribution in [2.45, 2.75) is 66.2 Å². The van der Waals surface area contributed by atoms with Crippen molar-refractivity contribution >= 4 is 23.5 Å². The highest BCUT2D eigenvalue weighted by Gasteiger charge is 2.73. The SMILES string of the molecule is CC(C)C1=C[C@]23CC[C@H]4[C@](C)(CCC[C@@]4(C)C(=O)O)[C@@H]2C[C@@H]1[C@H]1C(=O)N(c2ccccc2)C(=O)[C@H]13. The molecule has 4 fully saturated rings. The zero-order chi connectivity index (χ0) is 24.9. The molecule has 3 saturated carbocycles. The molecule has 0 radical (unpaired) electrons. The van der Waals surface area contributed by atoms with Gasteiger partial charge in [0.1, 0.15) is 0 Å². The number of hydrogen-bond acceptors (Lipinski definition) is 3. The van der Waals surface area contributed by atoms with Crippen LogP contribution in [0.25, 0.3) is 0 Å². The lowest BCUT2D eigenvalue weighted by Crippen LogP contribution is -2.65. The van der Waals surface area contributed by atoms with Gasteiger partial charge in [0.25, 0.3) is 0 Å². The summed E-state index contributed by atoms with van der Waals surface area (Å²) in [5, 5.41) is 10.3. The maximum Gasteiger partial charge on any atom is 0.309 e. The van der Waals surface area contributed by atoms with E-state index in [4.69, 9.17) is 0 Å². The molecule has 1 N–H and O–H groups in total. The first kappa shape index (κ1) is 23.0. The number of anilines is 1. The molecule has 8 atom stereocenters. The number of amides is 2. The Bertz CT molecular complexity index is 1140. The lowest BCUT2D eigenvalue weighted by atomic mass is 9.34. The smallest absolute Gasteiger partial charge is 0.309 e. The van der Waals surface area contributed by atoms with Gasteiger partial charge in [0, 0.05) is 5.41 Å². The summed E-state index contributed by atoms with van der Waals surface area (Å²) in [4.78, 5) is 42.0. The van der Waals surface area contributed by atoms with Gasteiger partial charge in [0.05, 0.1) is 22.9 Å². The van der Waals surface area contributed by atoms with Crippen molar-refractivity contribution in [1.82, 2.24) is 0 Å². The van der Waals surface area contributed by atoms with Gasteiger partial charge >= 0.3 is 5.97 Å². The quantitative estimate of drug-likeness (QED) is 0.449. The first-order valence-electron chi connectivity index (χ1n) is 13.4. The summed E-state index contributed by atoms with van der Waals surface area (Å²) in [5.41, 5.74) is 0.789. The minimum Gasteiger partial charge on any atom is -0.481 e. The van der Waals surface area contributed by atoms with Crippen LogP contribution in [0.2, 0.25) is 0 Å². The Labute approximate surface area is 208 Å². The molecule has 5 aliphatic carbocycles. The summed E-state index contributed by atoms with van der Waals surface area (Å²) < 4.78 is 0. The van der Waals surface area contributed by atoms with Gasteiger partial charge in [-0.3, -0.25) is 19.3 Å². The van der Waals surface area contributed by atoms with Crippen molar-refractivity contribution in [3.63, 3.8) is 0 Å². The molecule has 1 heterocycles. The molecule has 1 aliphatic heterocycles. The average Bonchev–Trinajstić information content (AvgIpc) is 3.11. The number of aliphatic carboxylic acids is 1. The molecule has 1 spiro atoms. The largest absolute Gasteiger partial charge is 0.481 e. The van der Waals surface area contributed by atoms with Gasteiger partial charge < -0.3 is 5.11 Å². The first-order chi connectivity index (χ1) is 16.6. The van der Waals surface area contributed by atoms with Crippen molar-refractivity contribution in [1.29, 1.82) is 0 Å². The number of rotatable bonds is 3. The first-order valence-corrected chi connectivity index (χ1v) is 13.4. The van der Waals surface area contributed by atoms with Crippen LogP contribution in [0.4, 0.5) is 5.69 Å². The van der Waals surface area contributed by atoms with Gasteiger partial charge in [-0.25, -0.2) is 0 Å². The number of carboxylic acids is 1. The van der Waals surface area contributed by atoms with Crippen molar-refractivity contribution in [2.75, 3.05) is 4.90 Å². The van der Waals surface area contributed by atoms with E-state index < -0.39 is 11.4 Å². The Morgan fingerprint density at radius 1 is 1.03 bits per heavy atom. The molecule has 6 aliphatic rings. The number of benzene rings is 1. The summed E-state index contributed by atoms with van der Waals surface area (Å²) in [6.45, 7) is 8.69. The van der Waals surface area contributed by atoms with E-state index in [0.717, 1.165) is 38.5 Å². The van der Waals surface area contributed by atoms with Crippen LogP contribution in [0.5, 0.6) is 0 Å². The van der Waals surface area contributed by atoms with Crippen molar-refractivity contribution in [2.24, 2.45) is 51.8 Å². The van der Waals surface area contributed by atoms with E-state index in [9.17, 15) is 19.5 Å². The zero-order valence-corrected chi connectivity index (χ0v) is 21.3. The normalized spacial score (nSPS) is 44.1. The highest BCUT2D eigenvalue weighted by molar-refractivity contribution is 6.22. The van der Waals surface area contributed by atoms with Gasteiger partial charge in [-0.05, 0) is 80.2 Å². The Kier molecular flexibility index (Phi) is 4.80. The molecule has 2 amide bonds. The Morgan fingerprint density at radius 3 is 2.40 bits per heavy atom. The Morgan fingerprint density at radius 2 is 1.74 bits per heavy atom. The summed E-state index contributed by atoms with van der Waals surface area (Å²) in [7, 11) is 0. The number of imide groups is 1. The number of nitrogens with zero attached hydrogens (tertiary/aromatic N) is 1. The van der Waals surface area contributed by atoms with Crippen LogP contribution >= 0.6 is 0 Å². The molecule has 186 valence electrons. The summed E-state index contributed by atoms with van der Waals surface area (Å²) in [6, 6.07) is 9.39. The van der Waals surface area contributed by atoms with Crippen LogP contribution in [0.3, 0.4) is 0 Å². The van der Waals surface area contributed by atoms with Gasteiger partial charge in [-0.2, -0.15) is 0 Å². The van der Waals surface area contributed by atoms with E-state index in [1.165, 1.54) is 10.5 Å². The number of carbonyl (C=O) groups excluding carboxylic acids is 2. The second kappa shape index (κ2) is 7.30. The molecule has 7 rings (SSSR count). The van der Waals surface area contributed by atoms with Gasteiger partial charge in [0.15, 0.2) is 0 Å². The van der Waals surface area contributed by atoms with Gasteiger partial charge in [-0.1, -0.05) is 57.0 Å². The predicted octanol–water partition coefficient (Wildman–Crippen LogP) is 5.70. The Hall–Kier alpha value is -2.43. The van der Waals surface area contributed by atoms with E-state index >= 15 is 0 Å². The molecular weight excluding hydrogens is 438 g/mol. The summed E-state index contributed by atoms with van der Waals surface area (Å²) in [5.74, 6) is -0.668. The molecule has 2 bridgehead atoms. The fraction of sp³-hybridized carbons (Fsp3) is 0.633. The molecule has 0 unspecified atom stereocenters. The van der Waals surface area contributed by atoms with Crippen LogP contribution in [-0.2, 0) is 14.4 Å². The number of para-hydroxylation sites is 1. The van der Waals surface area contributed by atoms with E-state index in [1.807, 2.05) is 37.3 Å². The number of carboxylic acid groups (broad SMARTS) is 1. The van der Waals surface area contributed by atoms with Crippen LogP contribution in [-0.4, -0.2) is 22.9 Å². The van der Waals surface area contributed by atoms with Crippen molar-refractivity contribution in [3.8, 4) is 0 Å². The molecular formula is C30H37NO4. The number of carbonyl (C=O) groups is 3. The lowest BCUT2D eigenvalue weighted by Gasteiger charge is -2.68. The average molecular weight is 476 g/mol. The highest BCUT2D eigenvalue weighted by atomic mass is 16.4. The number of hydrogen-bond donors (Lipinski definition) is 1. The Balaban J connectivity index is 1.50. The third-order valence-electron chi connectivity index (χ3n) is 11.2. The monoisotopic (exact) mass is 475 g/mol. The molecule has 5 nitrogen and oxygen atoms in total. The third kappa shape index (κ3) is 2.73. The maximum absolute atomic E-state index is 14.1. The zero-order valence-electron chi connectivity index (χ0n) is 21.3. The molecule has 0 aromatic heterocycles. The van der Waals surface area contributed by atoms with Crippen LogP contribution in [0.15, 0.2) is 42.0 Å². The molecule has 35 heavy (non-hydrogen) atoms.